The predicted molar refractivity (Wildman–Crippen MR) is 60.7 cm³/mol. The molecule has 0 fully saturated rings. The molecule has 0 aromatic heterocycles. The number of ether oxygens (including phenoxy) is 1. The molecule has 16 heavy (non-hydrogen) atoms. The lowest BCUT2D eigenvalue weighted by Crippen LogP contribution is -1.99. The van der Waals surface area contributed by atoms with E-state index >= 15 is 0 Å². The number of rotatable bonds is 4. The number of halogens is 1. The van der Waals surface area contributed by atoms with Gasteiger partial charge < -0.3 is 14.9 Å². The van der Waals surface area contributed by atoms with Crippen LogP contribution in [0.15, 0.2) is 24.3 Å². The van der Waals surface area contributed by atoms with Crippen molar-refractivity contribution < 1.29 is 19.7 Å². The molecule has 0 heterocycles. The van der Waals surface area contributed by atoms with Gasteiger partial charge in [-0.25, -0.2) is 4.79 Å². The van der Waals surface area contributed by atoms with Gasteiger partial charge in [-0.15, -0.1) is 0 Å². The number of benzene rings is 1. The monoisotopic (exact) mass is 242 g/mol. The minimum Gasteiger partial charge on any atom is -0.496 e. The molecule has 0 saturated heterocycles. The van der Waals surface area contributed by atoms with Crippen molar-refractivity contribution in [1.82, 2.24) is 0 Å². The van der Waals surface area contributed by atoms with Crippen molar-refractivity contribution in [3.8, 4) is 5.75 Å². The van der Waals surface area contributed by atoms with E-state index in [0.717, 1.165) is 6.08 Å². The predicted octanol–water partition coefficient (Wildman–Crippen LogP) is 1.81. The van der Waals surface area contributed by atoms with Crippen LogP contribution in [0.5, 0.6) is 5.75 Å². The van der Waals surface area contributed by atoms with Gasteiger partial charge in [-0.05, 0) is 23.8 Å². The Balaban J connectivity index is 3.28. The van der Waals surface area contributed by atoms with Crippen LogP contribution in [0.25, 0.3) is 5.57 Å². The summed E-state index contributed by atoms with van der Waals surface area (Å²) in [5.41, 5.74) is 0.715. The van der Waals surface area contributed by atoms with Gasteiger partial charge in [0.25, 0.3) is 0 Å². The lowest BCUT2D eigenvalue weighted by Gasteiger charge is -2.10. The molecule has 0 aliphatic rings. The number of aliphatic hydroxyl groups excluding tert-OH is 1. The molecule has 0 aliphatic carbocycles. The highest BCUT2D eigenvalue weighted by Crippen LogP contribution is 2.28. The van der Waals surface area contributed by atoms with Gasteiger partial charge >= 0.3 is 5.97 Å². The maximum atomic E-state index is 10.6. The maximum absolute atomic E-state index is 10.6. The van der Waals surface area contributed by atoms with E-state index < -0.39 is 12.6 Å². The Morgan fingerprint density at radius 1 is 1.56 bits per heavy atom. The first kappa shape index (κ1) is 12.5. The molecule has 1 aromatic rings. The van der Waals surface area contributed by atoms with Crippen molar-refractivity contribution in [1.29, 1.82) is 0 Å². The molecule has 0 saturated carbocycles. The highest BCUT2D eigenvalue weighted by Gasteiger charge is 2.10. The molecule has 5 heteroatoms. The third-order valence-corrected chi connectivity index (χ3v) is 2.21. The summed E-state index contributed by atoms with van der Waals surface area (Å²) in [4.78, 5) is 10.6. The smallest absolute Gasteiger partial charge is 0.328 e. The van der Waals surface area contributed by atoms with E-state index in [2.05, 4.69) is 0 Å². The van der Waals surface area contributed by atoms with Crippen molar-refractivity contribution in [2.45, 2.75) is 0 Å². The van der Waals surface area contributed by atoms with Crippen LogP contribution in [0.1, 0.15) is 5.56 Å². The van der Waals surface area contributed by atoms with Gasteiger partial charge in [-0.2, -0.15) is 0 Å². The number of methoxy groups -OCH3 is 1. The topological polar surface area (TPSA) is 66.8 Å². The Hall–Kier alpha value is -1.52. The molecule has 0 unspecified atom stereocenters. The van der Waals surface area contributed by atoms with Crippen molar-refractivity contribution in [3.63, 3.8) is 0 Å². The lowest BCUT2D eigenvalue weighted by atomic mass is 10.1. The molecule has 2 N–H and O–H groups in total. The Morgan fingerprint density at radius 3 is 2.75 bits per heavy atom. The lowest BCUT2D eigenvalue weighted by molar-refractivity contribution is -0.131. The van der Waals surface area contributed by atoms with Gasteiger partial charge in [-0.3, -0.25) is 0 Å². The summed E-state index contributed by atoms with van der Waals surface area (Å²) >= 11 is 5.80. The fourth-order valence-corrected chi connectivity index (χ4v) is 1.46. The minimum atomic E-state index is -1.13. The van der Waals surface area contributed by atoms with Gasteiger partial charge in [0.1, 0.15) is 5.75 Å². The van der Waals surface area contributed by atoms with Gasteiger partial charge in [-0.1, -0.05) is 11.6 Å². The zero-order chi connectivity index (χ0) is 12.1. The second-order valence-electron chi connectivity index (χ2n) is 3.01. The van der Waals surface area contributed by atoms with E-state index in [1.165, 1.54) is 7.11 Å². The molecule has 86 valence electrons. The fourth-order valence-electron chi connectivity index (χ4n) is 1.29. The van der Waals surface area contributed by atoms with Gasteiger partial charge in [0.05, 0.1) is 13.7 Å². The van der Waals surface area contributed by atoms with Crippen LogP contribution in [0.3, 0.4) is 0 Å². The second-order valence-corrected chi connectivity index (χ2v) is 3.45. The molecule has 0 bridgehead atoms. The molecule has 0 radical (unpaired) electrons. The molecule has 0 amide bonds. The quantitative estimate of drug-likeness (QED) is 0.791. The number of carbonyl (C=O) groups is 1. The third-order valence-electron chi connectivity index (χ3n) is 1.98. The first-order chi connectivity index (χ1) is 7.58. The van der Waals surface area contributed by atoms with Crippen LogP contribution in [-0.2, 0) is 4.79 Å². The van der Waals surface area contributed by atoms with Crippen LogP contribution < -0.4 is 4.74 Å². The highest BCUT2D eigenvalue weighted by atomic mass is 35.5. The third kappa shape index (κ3) is 2.98. The van der Waals surface area contributed by atoms with Crippen LogP contribution in [0, 0.1) is 0 Å². The van der Waals surface area contributed by atoms with E-state index in [-0.39, 0.29) is 5.57 Å². The standard InChI is InChI=1S/C11H11ClO4/c1-16-10-3-2-8(12)5-9(10)7(6-13)4-11(14)15/h2-5,13H,6H2,1H3,(H,14,15)/b7-4+. The van der Waals surface area contributed by atoms with Crippen molar-refractivity contribution in [2.24, 2.45) is 0 Å². The Morgan fingerprint density at radius 2 is 2.25 bits per heavy atom. The largest absolute Gasteiger partial charge is 0.496 e. The summed E-state index contributed by atoms with van der Waals surface area (Å²) in [7, 11) is 1.46. The molecule has 1 aromatic carbocycles. The summed E-state index contributed by atoms with van der Waals surface area (Å²) in [6.07, 6.45) is 0.925. The molecular weight excluding hydrogens is 232 g/mol. The molecule has 1 rings (SSSR count). The zero-order valence-electron chi connectivity index (χ0n) is 8.61. The van der Waals surface area contributed by atoms with E-state index in [1.807, 2.05) is 0 Å². The fraction of sp³-hybridized carbons (Fsp3) is 0.182. The van der Waals surface area contributed by atoms with E-state index in [0.29, 0.717) is 16.3 Å². The average Bonchev–Trinajstić information content (AvgIpc) is 2.25. The normalized spacial score (nSPS) is 11.3. The van der Waals surface area contributed by atoms with E-state index in [9.17, 15) is 4.79 Å². The number of carboxylic acids is 1. The van der Waals surface area contributed by atoms with E-state index in [4.69, 9.17) is 26.6 Å². The first-order valence-corrected chi connectivity index (χ1v) is 4.84. The minimum absolute atomic E-state index is 0.242. The number of hydrogen-bond donors (Lipinski definition) is 2. The molecule has 0 atom stereocenters. The molecule has 4 nitrogen and oxygen atoms in total. The summed E-state index contributed by atoms with van der Waals surface area (Å²) in [6.45, 7) is -0.400. The highest BCUT2D eigenvalue weighted by molar-refractivity contribution is 6.30. The molecule has 0 aliphatic heterocycles. The summed E-state index contributed by atoms with van der Waals surface area (Å²) in [5.74, 6) is -0.669. The van der Waals surface area contributed by atoms with Gasteiger partial charge in [0.15, 0.2) is 0 Å². The SMILES string of the molecule is COc1ccc(Cl)cc1/C(=C/C(=O)O)CO. The Kier molecular flexibility index (Phi) is 4.34. The van der Waals surface area contributed by atoms with Crippen LogP contribution in [-0.4, -0.2) is 29.9 Å². The maximum Gasteiger partial charge on any atom is 0.328 e. The summed E-state index contributed by atoms with van der Waals surface area (Å²) in [5, 5.41) is 18.2. The van der Waals surface area contributed by atoms with Crippen LogP contribution >= 0.6 is 11.6 Å². The van der Waals surface area contributed by atoms with Crippen LogP contribution in [0.4, 0.5) is 0 Å². The van der Waals surface area contributed by atoms with Gasteiger partial charge in [0, 0.05) is 16.7 Å². The second kappa shape index (κ2) is 5.53. The first-order valence-electron chi connectivity index (χ1n) is 4.46. The Labute approximate surface area is 97.7 Å². The summed E-state index contributed by atoms with van der Waals surface area (Å²) in [6, 6.07) is 4.79. The zero-order valence-corrected chi connectivity index (χ0v) is 9.36. The van der Waals surface area contributed by atoms with Gasteiger partial charge in [0.2, 0.25) is 0 Å². The number of hydrogen-bond acceptors (Lipinski definition) is 3. The number of aliphatic carboxylic acids is 1. The van der Waals surface area contributed by atoms with Crippen molar-refractivity contribution >= 4 is 23.1 Å². The molecule has 0 spiro atoms. The summed E-state index contributed by atoms with van der Waals surface area (Å²) < 4.78 is 5.06. The molecular formula is C11H11ClO4. The Bertz CT molecular complexity index is 426. The average molecular weight is 243 g/mol. The van der Waals surface area contributed by atoms with E-state index in [1.54, 1.807) is 18.2 Å². The number of aliphatic hydroxyl groups is 1. The van der Waals surface area contributed by atoms with Crippen molar-refractivity contribution in [3.05, 3.63) is 34.9 Å². The number of carboxylic acid groups (broad SMARTS) is 1. The van der Waals surface area contributed by atoms with Crippen LogP contribution in [0.2, 0.25) is 5.02 Å². The van der Waals surface area contributed by atoms with Crippen molar-refractivity contribution in [2.75, 3.05) is 13.7 Å².